The zero-order chi connectivity index (χ0) is 20.9. The summed E-state index contributed by atoms with van der Waals surface area (Å²) < 4.78 is 25.8. The Morgan fingerprint density at radius 3 is 2.31 bits per heavy atom. The van der Waals surface area contributed by atoms with Gasteiger partial charge in [-0.05, 0) is 54.7 Å². The summed E-state index contributed by atoms with van der Waals surface area (Å²) in [5, 5.41) is 6.64. The van der Waals surface area contributed by atoms with Crippen LogP contribution in [0, 0.1) is 0 Å². The molecule has 3 aromatic rings. The molecule has 0 atom stereocenters. The van der Waals surface area contributed by atoms with Crippen molar-refractivity contribution in [2.75, 3.05) is 24.7 Å². The highest BCUT2D eigenvalue weighted by Crippen LogP contribution is 2.33. The van der Waals surface area contributed by atoms with Crippen LogP contribution in [0.4, 0.5) is 11.4 Å². The molecule has 0 amide bonds. The van der Waals surface area contributed by atoms with Crippen LogP contribution in [0.15, 0.2) is 93.5 Å². The molecule has 0 unspecified atom stereocenters. The average Bonchev–Trinajstić information content (AvgIpc) is 2.70. The Kier molecular flexibility index (Phi) is 6.92. The van der Waals surface area contributed by atoms with E-state index in [1.54, 1.807) is 36.0 Å². The van der Waals surface area contributed by atoms with E-state index in [1.165, 1.54) is 18.4 Å². The number of thiocarbonyl (C=S) groups is 1. The Morgan fingerprint density at radius 1 is 0.897 bits per heavy atom. The molecule has 0 fully saturated rings. The van der Waals surface area contributed by atoms with Crippen LogP contribution in [0.2, 0.25) is 0 Å². The minimum absolute atomic E-state index is 0.204. The Balaban J connectivity index is 1.74. The zero-order valence-corrected chi connectivity index (χ0v) is 18.4. The van der Waals surface area contributed by atoms with Crippen molar-refractivity contribution >= 4 is 50.5 Å². The Labute approximate surface area is 181 Å². The van der Waals surface area contributed by atoms with Crippen LogP contribution in [-0.4, -0.2) is 31.9 Å². The van der Waals surface area contributed by atoms with Crippen LogP contribution >= 0.6 is 24.0 Å². The topological polar surface area (TPSA) is 61.4 Å². The lowest BCUT2D eigenvalue weighted by atomic mass is 10.3. The Hall–Kier alpha value is -2.39. The van der Waals surface area contributed by atoms with Crippen molar-refractivity contribution in [1.29, 1.82) is 0 Å². The van der Waals surface area contributed by atoms with Gasteiger partial charge in [-0.2, -0.15) is 0 Å². The predicted octanol–water partition coefficient (Wildman–Crippen LogP) is 4.90. The van der Waals surface area contributed by atoms with E-state index in [0.29, 0.717) is 10.8 Å². The van der Waals surface area contributed by atoms with E-state index in [1.807, 2.05) is 42.5 Å². The lowest BCUT2D eigenvalue weighted by Crippen LogP contribution is -2.23. The number of nitrogens with zero attached hydrogens (tertiary/aromatic N) is 1. The van der Waals surface area contributed by atoms with Crippen LogP contribution in [0.3, 0.4) is 0 Å². The summed E-state index contributed by atoms with van der Waals surface area (Å²) in [6.07, 6.45) is 0. The van der Waals surface area contributed by atoms with E-state index in [-0.39, 0.29) is 4.90 Å². The van der Waals surface area contributed by atoms with Gasteiger partial charge < -0.3 is 10.6 Å². The SMILES string of the molecule is CN(C)S(=O)(=O)c1cccc(NC(=S)Nc2ccccc2Sc2ccccc2)c1. The van der Waals surface area contributed by atoms with E-state index in [4.69, 9.17) is 12.2 Å². The van der Waals surface area contributed by atoms with Gasteiger partial charge >= 0.3 is 0 Å². The molecule has 3 aromatic carbocycles. The summed E-state index contributed by atoms with van der Waals surface area (Å²) in [7, 11) is -0.503. The second kappa shape index (κ2) is 9.41. The molecule has 0 radical (unpaired) electrons. The molecular formula is C21H21N3O2S3. The van der Waals surface area contributed by atoms with Gasteiger partial charge in [0.05, 0.1) is 10.6 Å². The molecule has 3 rings (SSSR count). The summed E-state index contributed by atoms with van der Waals surface area (Å²) in [6.45, 7) is 0. The number of hydrogen-bond acceptors (Lipinski definition) is 4. The fraction of sp³-hybridized carbons (Fsp3) is 0.0952. The maximum Gasteiger partial charge on any atom is 0.242 e. The molecule has 2 N–H and O–H groups in total. The normalized spacial score (nSPS) is 11.3. The molecule has 0 heterocycles. The van der Waals surface area contributed by atoms with Crippen molar-refractivity contribution in [2.24, 2.45) is 0 Å². The maximum atomic E-state index is 12.3. The van der Waals surface area contributed by atoms with Gasteiger partial charge in [0.1, 0.15) is 0 Å². The minimum Gasteiger partial charge on any atom is -0.332 e. The van der Waals surface area contributed by atoms with Gasteiger partial charge in [0, 0.05) is 29.6 Å². The molecule has 0 bridgehead atoms. The lowest BCUT2D eigenvalue weighted by molar-refractivity contribution is 0.521. The molecule has 0 saturated carbocycles. The fourth-order valence-corrected chi connectivity index (χ4v) is 4.60. The van der Waals surface area contributed by atoms with Crippen LogP contribution in [0.5, 0.6) is 0 Å². The molecule has 0 aliphatic rings. The number of nitrogens with one attached hydrogen (secondary N) is 2. The van der Waals surface area contributed by atoms with E-state index in [0.717, 1.165) is 15.5 Å². The summed E-state index contributed by atoms with van der Waals surface area (Å²) in [5.41, 5.74) is 1.47. The highest BCUT2D eigenvalue weighted by atomic mass is 32.2. The molecule has 8 heteroatoms. The molecule has 5 nitrogen and oxygen atoms in total. The number of hydrogen-bond donors (Lipinski definition) is 2. The smallest absolute Gasteiger partial charge is 0.242 e. The first kappa shape index (κ1) is 21.3. The Morgan fingerprint density at radius 2 is 1.59 bits per heavy atom. The molecule has 0 saturated heterocycles. The van der Waals surface area contributed by atoms with Gasteiger partial charge in [-0.25, -0.2) is 12.7 Å². The summed E-state index contributed by atoms with van der Waals surface area (Å²) in [5.74, 6) is 0. The third-order valence-electron chi connectivity index (χ3n) is 3.98. The number of benzene rings is 3. The van der Waals surface area contributed by atoms with Crippen LogP contribution in [-0.2, 0) is 10.0 Å². The third kappa shape index (κ3) is 5.57. The van der Waals surface area contributed by atoms with Gasteiger partial charge in [-0.3, -0.25) is 0 Å². The first-order valence-corrected chi connectivity index (χ1v) is 11.5. The highest BCUT2D eigenvalue weighted by Gasteiger charge is 2.17. The number of para-hydroxylation sites is 1. The van der Waals surface area contributed by atoms with Crippen molar-refractivity contribution in [2.45, 2.75) is 14.7 Å². The molecule has 0 spiro atoms. The number of anilines is 2. The van der Waals surface area contributed by atoms with E-state index in [2.05, 4.69) is 22.8 Å². The predicted molar refractivity (Wildman–Crippen MR) is 124 cm³/mol. The monoisotopic (exact) mass is 443 g/mol. The molecule has 29 heavy (non-hydrogen) atoms. The van der Waals surface area contributed by atoms with Gasteiger partial charge in [0.25, 0.3) is 0 Å². The first-order chi connectivity index (χ1) is 13.9. The van der Waals surface area contributed by atoms with Gasteiger partial charge in [-0.1, -0.05) is 48.2 Å². The number of rotatable bonds is 6. The lowest BCUT2D eigenvalue weighted by Gasteiger charge is -2.15. The summed E-state index contributed by atoms with van der Waals surface area (Å²) in [4.78, 5) is 2.37. The standard InChI is InChI=1S/C21H21N3O2S3/c1-24(2)29(25,26)18-12-8-9-16(15-18)22-21(27)23-19-13-6-7-14-20(19)28-17-10-4-3-5-11-17/h3-15H,1-2H3,(H2,22,23,27). The molecule has 0 aliphatic heterocycles. The average molecular weight is 444 g/mol. The number of sulfonamides is 1. The molecular weight excluding hydrogens is 422 g/mol. The maximum absolute atomic E-state index is 12.3. The van der Waals surface area contributed by atoms with Crippen molar-refractivity contribution in [3.05, 3.63) is 78.9 Å². The largest absolute Gasteiger partial charge is 0.332 e. The second-order valence-electron chi connectivity index (χ2n) is 6.31. The second-order valence-corrected chi connectivity index (χ2v) is 9.98. The van der Waals surface area contributed by atoms with Gasteiger partial charge in [-0.15, -0.1) is 0 Å². The minimum atomic E-state index is -3.51. The van der Waals surface area contributed by atoms with E-state index < -0.39 is 10.0 Å². The van der Waals surface area contributed by atoms with Crippen LogP contribution in [0.1, 0.15) is 0 Å². The molecule has 0 aliphatic carbocycles. The molecule has 0 aromatic heterocycles. The fourth-order valence-electron chi connectivity index (χ4n) is 2.50. The van der Waals surface area contributed by atoms with Crippen LogP contribution < -0.4 is 10.6 Å². The van der Waals surface area contributed by atoms with Crippen molar-refractivity contribution in [3.63, 3.8) is 0 Å². The first-order valence-electron chi connectivity index (χ1n) is 8.79. The molecule has 150 valence electrons. The van der Waals surface area contributed by atoms with Gasteiger partial charge in [0.15, 0.2) is 5.11 Å². The third-order valence-corrected chi connectivity index (χ3v) is 7.08. The van der Waals surface area contributed by atoms with Crippen molar-refractivity contribution < 1.29 is 8.42 Å². The quantitative estimate of drug-likeness (QED) is 0.529. The Bertz CT molecular complexity index is 1100. The summed E-state index contributed by atoms with van der Waals surface area (Å²) >= 11 is 7.08. The highest BCUT2D eigenvalue weighted by molar-refractivity contribution is 7.99. The summed E-state index contributed by atoms with van der Waals surface area (Å²) in [6, 6.07) is 24.5. The van der Waals surface area contributed by atoms with E-state index >= 15 is 0 Å². The van der Waals surface area contributed by atoms with Crippen molar-refractivity contribution in [3.8, 4) is 0 Å². The van der Waals surface area contributed by atoms with Gasteiger partial charge in [0.2, 0.25) is 10.0 Å². The van der Waals surface area contributed by atoms with Crippen molar-refractivity contribution in [1.82, 2.24) is 4.31 Å². The van der Waals surface area contributed by atoms with E-state index in [9.17, 15) is 8.42 Å². The van der Waals surface area contributed by atoms with Crippen LogP contribution in [0.25, 0.3) is 0 Å². The zero-order valence-electron chi connectivity index (χ0n) is 16.0.